The smallest absolute Gasteiger partial charge is 0.171 e. The predicted octanol–water partition coefficient (Wildman–Crippen LogP) is 3.15. The molecule has 1 aromatic carbocycles. The van der Waals surface area contributed by atoms with E-state index in [0.717, 1.165) is 29.2 Å². The average molecular weight is 364 g/mol. The zero-order valence-electron chi connectivity index (χ0n) is 15.7. The predicted molar refractivity (Wildman–Crippen MR) is 104 cm³/mol. The average Bonchev–Trinajstić information content (AvgIpc) is 3.15. The van der Waals surface area contributed by atoms with Gasteiger partial charge < -0.3 is 14.4 Å². The first kappa shape index (κ1) is 17.5. The van der Waals surface area contributed by atoms with Crippen LogP contribution in [0.5, 0.6) is 5.75 Å². The van der Waals surface area contributed by atoms with Crippen LogP contribution in [-0.2, 0) is 24.0 Å². The maximum atomic E-state index is 6.12. The number of ether oxygens (including phenoxy) is 2. The van der Waals surface area contributed by atoms with Crippen molar-refractivity contribution in [3.8, 4) is 5.75 Å². The highest BCUT2D eigenvalue weighted by molar-refractivity contribution is 5.53. The minimum Gasteiger partial charge on any atom is -0.485 e. The standard InChI is InChI=1S/C21H24N4O2/c1-21(18-13-23-24(2)14-18)16-25(11-12-27-21)20-19(9-6-10-22-20)26-15-17-7-4-3-5-8-17/h3-10,13-14H,11-12,15-16H2,1-2H3/t21-/m0/s1. The second-order valence-electron chi connectivity index (χ2n) is 7.00. The summed E-state index contributed by atoms with van der Waals surface area (Å²) in [6.45, 7) is 4.71. The van der Waals surface area contributed by atoms with Gasteiger partial charge in [-0.25, -0.2) is 4.98 Å². The van der Waals surface area contributed by atoms with Crippen molar-refractivity contribution >= 4 is 5.82 Å². The quantitative estimate of drug-likeness (QED) is 0.696. The van der Waals surface area contributed by atoms with Crippen LogP contribution in [0.3, 0.4) is 0 Å². The molecule has 0 aliphatic carbocycles. The molecular weight excluding hydrogens is 340 g/mol. The van der Waals surface area contributed by atoms with Crippen LogP contribution in [0.1, 0.15) is 18.1 Å². The highest BCUT2D eigenvalue weighted by Crippen LogP contribution is 2.34. The third-order valence-corrected chi connectivity index (χ3v) is 4.88. The van der Waals surface area contributed by atoms with Gasteiger partial charge in [0.15, 0.2) is 11.6 Å². The minimum atomic E-state index is -0.430. The fraction of sp³-hybridized carbons (Fsp3) is 0.333. The Morgan fingerprint density at radius 1 is 1.19 bits per heavy atom. The van der Waals surface area contributed by atoms with Crippen molar-refractivity contribution in [3.05, 3.63) is 72.2 Å². The van der Waals surface area contributed by atoms with Crippen molar-refractivity contribution < 1.29 is 9.47 Å². The van der Waals surface area contributed by atoms with E-state index in [0.29, 0.717) is 19.8 Å². The van der Waals surface area contributed by atoms with Crippen molar-refractivity contribution in [1.29, 1.82) is 0 Å². The number of aryl methyl sites for hydroxylation is 1. The first-order valence-electron chi connectivity index (χ1n) is 9.14. The van der Waals surface area contributed by atoms with Crippen LogP contribution in [0, 0.1) is 0 Å². The van der Waals surface area contributed by atoms with Crippen LogP contribution in [0.25, 0.3) is 0 Å². The first-order valence-corrected chi connectivity index (χ1v) is 9.14. The molecule has 0 spiro atoms. The lowest BCUT2D eigenvalue weighted by Gasteiger charge is -2.41. The topological polar surface area (TPSA) is 52.4 Å². The SMILES string of the molecule is Cn1cc([C@]2(C)CN(c3ncccc3OCc3ccccc3)CCO2)cn1. The van der Waals surface area contributed by atoms with E-state index in [1.54, 1.807) is 4.68 Å². The highest BCUT2D eigenvalue weighted by Gasteiger charge is 2.36. The maximum absolute atomic E-state index is 6.12. The Labute approximate surface area is 159 Å². The molecule has 140 valence electrons. The number of hydrogen-bond acceptors (Lipinski definition) is 5. The van der Waals surface area contributed by atoms with Gasteiger partial charge in [-0.2, -0.15) is 5.10 Å². The van der Waals surface area contributed by atoms with E-state index in [9.17, 15) is 0 Å². The second kappa shape index (κ2) is 7.40. The van der Waals surface area contributed by atoms with E-state index in [2.05, 4.69) is 34.0 Å². The van der Waals surface area contributed by atoms with Crippen LogP contribution in [-0.4, -0.2) is 34.5 Å². The number of aromatic nitrogens is 3. The highest BCUT2D eigenvalue weighted by atomic mass is 16.5. The molecule has 1 saturated heterocycles. The summed E-state index contributed by atoms with van der Waals surface area (Å²) in [4.78, 5) is 6.84. The third kappa shape index (κ3) is 3.80. The summed E-state index contributed by atoms with van der Waals surface area (Å²) in [5, 5.41) is 4.29. The summed E-state index contributed by atoms with van der Waals surface area (Å²) in [6.07, 6.45) is 5.69. The summed E-state index contributed by atoms with van der Waals surface area (Å²) >= 11 is 0. The number of morpholine rings is 1. The molecule has 4 rings (SSSR count). The van der Waals surface area contributed by atoms with Gasteiger partial charge in [0.25, 0.3) is 0 Å². The molecule has 6 heteroatoms. The summed E-state index contributed by atoms with van der Waals surface area (Å²) < 4.78 is 14.0. The van der Waals surface area contributed by atoms with Gasteiger partial charge in [-0.05, 0) is 24.6 Å². The van der Waals surface area contributed by atoms with Gasteiger partial charge >= 0.3 is 0 Å². The molecule has 2 aromatic heterocycles. The van der Waals surface area contributed by atoms with Crippen LogP contribution >= 0.6 is 0 Å². The van der Waals surface area contributed by atoms with E-state index in [1.807, 2.05) is 56.0 Å². The van der Waals surface area contributed by atoms with Gasteiger partial charge in [-0.1, -0.05) is 30.3 Å². The fourth-order valence-electron chi connectivity index (χ4n) is 3.39. The number of pyridine rings is 1. The minimum absolute atomic E-state index is 0.430. The molecule has 0 unspecified atom stereocenters. The van der Waals surface area contributed by atoms with E-state index in [4.69, 9.17) is 9.47 Å². The molecule has 3 heterocycles. The molecule has 1 fully saturated rings. The number of rotatable bonds is 5. The number of nitrogens with zero attached hydrogens (tertiary/aromatic N) is 4. The summed E-state index contributed by atoms with van der Waals surface area (Å²) in [5.41, 5.74) is 1.77. The van der Waals surface area contributed by atoms with Crippen molar-refractivity contribution in [2.75, 3.05) is 24.6 Å². The lowest BCUT2D eigenvalue weighted by atomic mass is 9.97. The molecule has 6 nitrogen and oxygen atoms in total. The molecule has 0 amide bonds. The number of anilines is 1. The lowest BCUT2D eigenvalue weighted by molar-refractivity contribution is -0.0469. The van der Waals surface area contributed by atoms with Crippen LogP contribution in [0.15, 0.2) is 61.1 Å². The molecular formula is C21H24N4O2. The van der Waals surface area contributed by atoms with E-state index >= 15 is 0 Å². The van der Waals surface area contributed by atoms with E-state index in [1.165, 1.54) is 0 Å². The molecule has 0 radical (unpaired) electrons. The molecule has 0 bridgehead atoms. The van der Waals surface area contributed by atoms with Gasteiger partial charge in [-0.15, -0.1) is 0 Å². The Hall–Kier alpha value is -2.86. The molecule has 3 aromatic rings. The van der Waals surface area contributed by atoms with Crippen molar-refractivity contribution in [1.82, 2.24) is 14.8 Å². The summed E-state index contributed by atoms with van der Waals surface area (Å²) in [7, 11) is 1.92. The summed E-state index contributed by atoms with van der Waals surface area (Å²) in [6, 6.07) is 14.0. The fourth-order valence-corrected chi connectivity index (χ4v) is 3.39. The normalized spacial score (nSPS) is 19.9. The Kier molecular flexibility index (Phi) is 4.81. The molecule has 0 saturated carbocycles. The largest absolute Gasteiger partial charge is 0.485 e. The second-order valence-corrected chi connectivity index (χ2v) is 7.00. The van der Waals surface area contributed by atoms with Gasteiger partial charge in [0.1, 0.15) is 12.2 Å². The van der Waals surface area contributed by atoms with Crippen LogP contribution < -0.4 is 9.64 Å². The summed E-state index contributed by atoms with van der Waals surface area (Å²) in [5.74, 6) is 1.64. The van der Waals surface area contributed by atoms with Crippen LogP contribution in [0.2, 0.25) is 0 Å². The maximum Gasteiger partial charge on any atom is 0.171 e. The Balaban J connectivity index is 1.54. The van der Waals surface area contributed by atoms with Gasteiger partial charge in [-0.3, -0.25) is 4.68 Å². The van der Waals surface area contributed by atoms with Crippen LogP contribution in [0.4, 0.5) is 5.82 Å². The zero-order chi connectivity index (χ0) is 18.7. The van der Waals surface area contributed by atoms with E-state index in [-0.39, 0.29) is 0 Å². The number of hydrogen-bond donors (Lipinski definition) is 0. The Morgan fingerprint density at radius 3 is 2.81 bits per heavy atom. The number of benzene rings is 1. The monoisotopic (exact) mass is 364 g/mol. The lowest BCUT2D eigenvalue weighted by Crippen LogP contribution is -2.48. The van der Waals surface area contributed by atoms with Gasteiger partial charge in [0, 0.05) is 31.5 Å². The van der Waals surface area contributed by atoms with Crippen molar-refractivity contribution in [2.24, 2.45) is 7.05 Å². The third-order valence-electron chi connectivity index (χ3n) is 4.88. The molecule has 1 aliphatic rings. The molecule has 0 N–H and O–H groups in total. The molecule has 27 heavy (non-hydrogen) atoms. The first-order chi connectivity index (χ1) is 13.1. The van der Waals surface area contributed by atoms with E-state index < -0.39 is 5.60 Å². The van der Waals surface area contributed by atoms with Crippen molar-refractivity contribution in [3.63, 3.8) is 0 Å². The Morgan fingerprint density at radius 2 is 2.04 bits per heavy atom. The van der Waals surface area contributed by atoms with Gasteiger partial charge in [0.2, 0.25) is 0 Å². The molecule has 1 atom stereocenters. The Bertz CT molecular complexity index is 896. The zero-order valence-corrected chi connectivity index (χ0v) is 15.7. The van der Waals surface area contributed by atoms with Gasteiger partial charge in [0.05, 0.1) is 19.3 Å². The molecule has 1 aliphatic heterocycles. The van der Waals surface area contributed by atoms with Crippen molar-refractivity contribution in [2.45, 2.75) is 19.1 Å².